The number of pyridine rings is 1. The highest BCUT2D eigenvalue weighted by Gasteiger charge is 2.15. The fourth-order valence-electron chi connectivity index (χ4n) is 2.39. The molecular formula is C16H23BrN4. The molecular weight excluding hydrogens is 328 g/mol. The third kappa shape index (κ3) is 4.38. The molecule has 0 saturated heterocycles. The highest BCUT2D eigenvalue weighted by Crippen LogP contribution is 2.21. The summed E-state index contributed by atoms with van der Waals surface area (Å²) >= 11 is 3.51. The smallest absolute Gasteiger partial charge is 0.0624 e. The molecule has 0 bridgehead atoms. The van der Waals surface area contributed by atoms with E-state index in [0.29, 0.717) is 0 Å². The zero-order valence-electron chi connectivity index (χ0n) is 12.9. The first-order valence-corrected chi connectivity index (χ1v) is 8.29. The largest absolute Gasteiger partial charge is 0.310 e. The summed E-state index contributed by atoms with van der Waals surface area (Å²) in [5.41, 5.74) is 3.60. The van der Waals surface area contributed by atoms with E-state index in [1.54, 1.807) is 0 Å². The number of rotatable bonds is 7. The molecule has 0 spiro atoms. The van der Waals surface area contributed by atoms with Gasteiger partial charge in [-0.2, -0.15) is 5.10 Å². The summed E-state index contributed by atoms with van der Waals surface area (Å²) in [4.78, 5) is 4.29. The number of nitrogens with zero attached hydrogens (tertiary/aromatic N) is 3. The van der Waals surface area contributed by atoms with Gasteiger partial charge in [-0.05, 0) is 53.0 Å². The predicted molar refractivity (Wildman–Crippen MR) is 89.3 cm³/mol. The molecule has 2 aromatic rings. The van der Waals surface area contributed by atoms with E-state index in [1.807, 2.05) is 24.1 Å². The average Bonchev–Trinajstić information content (AvgIpc) is 2.83. The predicted octanol–water partition coefficient (Wildman–Crippen LogP) is 3.42. The normalized spacial score (nSPS) is 12.6. The molecule has 0 radical (unpaired) electrons. The summed E-state index contributed by atoms with van der Waals surface area (Å²) in [6.07, 6.45) is 6.76. The van der Waals surface area contributed by atoms with Crippen molar-refractivity contribution >= 4 is 15.9 Å². The summed E-state index contributed by atoms with van der Waals surface area (Å²) in [7, 11) is 2.02. The van der Waals surface area contributed by atoms with E-state index in [9.17, 15) is 0 Å². The van der Waals surface area contributed by atoms with Gasteiger partial charge in [0.1, 0.15) is 0 Å². The maximum absolute atomic E-state index is 4.54. The quantitative estimate of drug-likeness (QED) is 0.831. The van der Waals surface area contributed by atoms with Gasteiger partial charge in [0.15, 0.2) is 0 Å². The Morgan fingerprint density at radius 2 is 2.10 bits per heavy atom. The first-order valence-electron chi connectivity index (χ1n) is 7.49. The Morgan fingerprint density at radius 3 is 2.71 bits per heavy atom. The first kappa shape index (κ1) is 16.2. The number of hydrogen-bond donors (Lipinski definition) is 1. The van der Waals surface area contributed by atoms with Crippen LogP contribution in [-0.2, 0) is 19.9 Å². The summed E-state index contributed by atoms with van der Waals surface area (Å²) in [6, 6.07) is 4.60. The van der Waals surface area contributed by atoms with Crippen molar-refractivity contribution in [1.29, 1.82) is 0 Å². The van der Waals surface area contributed by atoms with Gasteiger partial charge in [0.25, 0.3) is 0 Å². The molecule has 2 heterocycles. The van der Waals surface area contributed by atoms with Gasteiger partial charge in [-0.25, -0.2) is 0 Å². The molecule has 0 aliphatic carbocycles. The van der Waals surface area contributed by atoms with Crippen LogP contribution in [0.15, 0.2) is 29.0 Å². The van der Waals surface area contributed by atoms with Crippen LogP contribution in [0.1, 0.15) is 43.3 Å². The van der Waals surface area contributed by atoms with Crippen LogP contribution in [0.25, 0.3) is 0 Å². The standard InChI is InChI=1S/C16H23BrN4/c1-4-6-19-16(12-7-13(17)11-18-10-12)9-15-8-14(5-2)20-21(15)3/h7-8,10-11,16,19H,4-6,9H2,1-3H3. The molecule has 1 atom stereocenters. The zero-order chi connectivity index (χ0) is 15.2. The molecule has 4 nitrogen and oxygen atoms in total. The van der Waals surface area contributed by atoms with Gasteiger partial charge in [-0.1, -0.05) is 13.8 Å². The molecule has 1 N–H and O–H groups in total. The van der Waals surface area contributed by atoms with E-state index in [0.717, 1.165) is 36.0 Å². The van der Waals surface area contributed by atoms with Gasteiger partial charge in [0.2, 0.25) is 0 Å². The highest BCUT2D eigenvalue weighted by molar-refractivity contribution is 9.10. The maximum atomic E-state index is 4.54. The molecule has 21 heavy (non-hydrogen) atoms. The Kier molecular flexibility index (Phi) is 5.94. The molecule has 2 aromatic heterocycles. The molecule has 114 valence electrons. The van der Waals surface area contributed by atoms with Crippen molar-refractivity contribution in [2.24, 2.45) is 7.05 Å². The van der Waals surface area contributed by atoms with Gasteiger partial charge in [-0.3, -0.25) is 9.67 Å². The van der Waals surface area contributed by atoms with Crippen molar-refractivity contribution in [2.45, 2.75) is 39.2 Å². The monoisotopic (exact) mass is 350 g/mol. The summed E-state index contributed by atoms with van der Waals surface area (Å²) in [5.74, 6) is 0. The number of aryl methyl sites for hydroxylation is 2. The van der Waals surface area contributed by atoms with E-state index >= 15 is 0 Å². The first-order chi connectivity index (χ1) is 10.1. The molecule has 0 amide bonds. The van der Waals surface area contributed by atoms with Gasteiger partial charge in [-0.15, -0.1) is 0 Å². The third-order valence-electron chi connectivity index (χ3n) is 3.57. The lowest BCUT2D eigenvalue weighted by atomic mass is 10.0. The molecule has 5 heteroatoms. The van der Waals surface area contributed by atoms with Crippen LogP contribution in [0.3, 0.4) is 0 Å². The fourth-order valence-corrected chi connectivity index (χ4v) is 2.77. The minimum atomic E-state index is 0.259. The Morgan fingerprint density at radius 1 is 1.29 bits per heavy atom. The topological polar surface area (TPSA) is 42.7 Å². The molecule has 0 aliphatic heterocycles. The minimum Gasteiger partial charge on any atom is -0.310 e. The zero-order valence-corrected chi connectivity index (χ0v) is 14.5. The number of halogens is 1. The molecule has 0 saturated carbocycles. The number of aromatic nitrogens is 3. The summed E-state index contributed by atoms with van der Waals surface area (Å²) in [6.45, 7) is 5.31. The third-order valence-corrected chi connectivity index (χ3v) is 4.01. The lowest BCUT2D eigenvalue weighted by Gasteiger charge is -2.19. The Hall–Kier alpha value is -1.20. The Bertz CT molecular complexity index is 579. The fraction of sp³-hybridized carbons (Fsp3) is 0.500. The van der Waals surface area contributed by atoms with E-state index in [4.69, 9.17) is 0 Å². The molecule has 0 aliphatic rings. The summed E-state index contributed by atoms with van der Waals surface area (Å²) < 4.78 is 3.01. The summed E-state index contributed by atoms with van der Waals surface area (Å²) in [5, 5.41) is 8.15. The lowest BCUT2D eigenvalue weighted by Crippen LogP contribution is -2.25. The maximum Gasteiger partial charge on any atom is 0.0624 e. The van der Waals surface area contributed by atoms with Crippen molar-refractivity contribution in [3.05, 3.63) is 46.0 Å². The van der Waals surface area contributed by atoms with E-state index in [1.165, 1.54) is 11.3 Å². The SMILES string of the molecule is CCCNC(Cc1cc(CC)nn1C)c1cncc(Br)c1. The van der Waals surface area contributed by atoms with Crippen molar-refractivity contribution in [3.8, 4) is 0 Å². The molecule has 1 unspecified atom stereocenters. The highest BCUT2D eigenvalue weighted by atomic mass is 79.9. The van der Waals surface area contributed by atoms with E-state index < -0.39 is 0 Å². The van der Waals surface area contributed by atoms with Gasteiger partial charge >= 0.3 is 0 Å². The Balaban J connectivity index is 2.21. The molecule has 0 aromatic carbocycles. The van der Waals surface area contributed by atoms with Gasteiger partial charge in [0, 0.05) is 42.1 Å². The second kappa shape index (κ2) is 7.71. The molecule has 0 fully saturated rings. The van der Waals surface area contributed by atoms with Crippen molar-refractivity contribution in [1.82, 2.24) is 20.1 Å². The van der Waals surface area contributed by atoms with Gasteiger partial charge < -0.3 is 5.32 Å². The lowest BCUT2D eigenvalue weighted by molar-refractivity contribution is 0.510. The second-order valence-electron chi connectivity index (χ2n) is 5.25. The van der Waals surface area contributed by atoms with Crippen LogP contribution in [0.5, 0.6) is 0 Å². The average molecular weight is 351 g/mol. The number of hydrogen-bond acceptors (Lipinski definition) is 3. The van der Waals surface area contributed by atoms with Crippen LogP contribution in [0.2, 0.25) is 0 Å². The van der Waals surface area contributed by atoms with Crippen LogP contribution in [0, 0.1) is 0 Å². The van der Waals surface area contributed by atoms with Crippen LogP contribution in [-0.4, -0.2) is 21.3 Å². The van der Waals surface area contributed by atoms with Crippen molar-refractivity contribution < 1.29 is 0 Å². The van der Waals surface area contributed by atoms with Crippen LogP contribution < -0.4 is 5.32 Å². The number of nitrogens with one attached hydrogen (secondary N) is 1. The Labute approximate surface area is 135 Å². The van der Waals surface area contributed by atoms with Crippen molar-refractivity contribution in [2.75, 3.05) is 6.54 Å². The van der Waals surface area contributed by atoms with Crippen LogP contribution >= 0.6 is 15.9 Å². The van der Waals surface area contributed by atoms with E-state index in [-0.39, 0.29) is 6.04 Å². The van der Waals surface area contributed by atoms with E-state index in [2.05, 4.69) is 57.3 Å². The minimum absolute atomic E-state index is 0.259. The second-order valence-corrected chi connectivity index (χ2v) is 6.17. The molecule has 2 rings (SSSR count). The van der Waals surface area contributed by atoms with Crippen molar-refractivity contribution in [3.63, 3.8) is 0 Å². The van der Waals surface area contributed by atoms with Crippen LogP contribution in [0.4, 0.5) is 0 Å². The van der Waals surface area contributed by atoms with Gasteiger partial charge in [0.05, 0.1) is 5.69 Å².